The lowest BCUT2D eigenvalue weighted by Gasteiger charge is -2.38. The molecule has 5 rings (SSSR count). The molecule has 0 spiro atoms. The smallest absolute Gasteiger partial charge is 0.336 e. The lowest BCUT2D eigenvalue weighted by Crippen LogP contribution is -2.43. The van der Waals surface area contributed by atoms with Crippen LogP contribution in [0.1, 0.15) is 45.6 Å². The summed E-state index contributed by atoms with van der Waals surface area (Å²) in [5.41, 5.74) is 5.33. The van der Waals surface area contributed by atoms with Gasteiger partial charge in [-0.1, -0.05) is 38.1 Å². The molecule has 2 aromatic carbocycles. The predicted molar refractivity (Wildman–Crippen MR) is 159 cm³/mol. The van der Waals surface area contributed by atoms with Gasteiger partial charge >= 0.3 is 11.9 Å². The van der Waals surface area contributed by atoms with E-state index in [0.717, 1.165) is 45.4 Å². The Morgan fingerprint density at radius 1 is 1.10 bits per heavy atom. The fraction of sp³-hybridized carbons (Fsp3) is 0.406. The maximum Gasteiger partial charge on any atom is 0.336 e. The number of rotatable bonds is 8. The fourth-order valence-corrected chi connectivity index (χ4v) is 6.78. The number of para-hydroxylation sites is 1. The summed E-state index contributed by atoms with van der Waals surface area (Å²) >= 11 is 1.70. The number of ketones is 1. The van der Waals surface area contributed by atoms with Crippen LogP contribution in [0, 0.1) is 11.8 Å². The van der Waals surface area contributed by atoms with E-state index in [-0.39, 0.29) is 18.3 Å². The molecule has 2 heterocycles. The molecular weight excluding hydrogens is 524 g/mol. The number of esters is 2. The Morgan fingerprint density at radius 2 is 1.85 bits per heavy atom. The third-order valence-electron chi connectivity index (χ3n) is 8.07. The van der Waals surface area contributed by atoms with E-state index in [4.69, 9.17) is 9.47 Å². The van der Waals surface area contributed by atoms with Crippen molar-refractivity contribution in [3.63, 3.8) is 0 Å². The number of carbonyl (C=O) groups is 3. The van der Waals surface area contributed by atoms with E-state index in [2.05, 4.69) is 48.0 Å². The second kappa shape index (κ2) is 11.5. The van der Waals surface area contributed by atoms with Crippen molar-refractivity contribution in [2.24, 2.45) is 11.8 Å². The molecule has 1 aromatic heterocycles. The molecule has 8 heteroatoms. The van der Waals surface area contributed by atoms with E-state index in [1.54, 1.807) is 11.8 Å². The summed E-state index contributed by atoms with van der Waals surface area (Å²) in [5, 5.41) is 5.51. The number of nitrogens with one attached hydrogen (secondary N) is 1. The maximum atomic E-state index is 14.1. The molecule has 0 amide bonds. The van der Waals surface area contributed by atoms with Crippen molar-refractivity contribution in [1.82, 2.24) is 9.88 Å². The van der Waals surface area contributed by atoms with Gasteiger partial charge < -0.3 is 19.4 Å². The normalized spacial score (nSPS) is 21.0. The predicted octanol–water partition coefficient (Wildman–Crippen LogP) is 5.72. The Kier molecular flexibility index (Phi) is 8.08. The van der Waals surface area contributed by atoms with Crippen LogP contribution in [0.15, 0.2) is 65.0 Å². The minimum Gasteiger partial charge on any atom is -0.468 e. The minimum atomic E-state index is -0.921. The number of thioether (sulfide) groups is 1. The number of fused-ring (bicyclic) bond motifs is 3. The van der Waals surface area contributed by atoms with E-state index in [1.807, 2.05) is 32.0 Å². The molecule has 1 aliphatic carbocycles. The molecular formula is C32H36N2O5S. The SMILES string of the molecule is CCSCCOC(=O)C1=C(C)NC2=C(C(=O)C(C(=O)OC)C(C)C2)C1c1ccc2c(c1)c1ccccc1n2CC. The third kappa shape index (κ3) is 4.72. The summed E-state index contributed by atoms with van der Waals surface area (Å²) in [6.07, 6.45) is 0.502. The van der Waals surface area contributed by atoms with Crippen LogP contribution in [0.5, 0.6) is 0 Å². The van der Waals surface area contributed by atoms with Gasteiger partial charge in [-0.25, -0.2) is 4.79 Å². The van der Waals surface area contributed by atoms with Crippen LogP contribution in [0.25, 0.3) is 21.8 Å². The summed E-state index contributed by atoms with van der Waals surface area (Å²) in [6, 6.07) is 14.4. The Balaban J connectivity index is 1.68. The van der Waals surface area contributed by atoms with Crippen molar-refractivity contribution in [2.45, 2.75) is 46.6 Å². The number of benzene rings is 2. The summed E-state index contributed by atoms with van der Waals surface area (Å²) < 4.78 is 13.0. The van der Waals surface area contributed by atoms with Gasteiger partial charge in [0.2, 0.25) is 0 Å². The quantitative estimate of drug-likeness (QED) is 0.214. The van der Waals surface area contributed by atoms with Gasteiger partial charge in [-0.2, -0.15) is 11.8 Å². The highest BCUT2D eigenvalue weighted by Crippen LogP contribution is 2.46. The van der Waals surface area contributed by atoms with Gasteiger partial charge in [0.1, 0.15) is 12.5 Å². The Bertz CT molecular complexity index is 1570. The molecule has 7 nitrogen and oxygen atoms in total. The Morgan fingerprint density at radius 3 is 2.58 bits per heavy atom. The highest BCUT2D eigenvalue weighted by atomic mass is 32.2. The summed E-state index contributed by atoms with van der Waals surface area (Å²) in [6.45, 7) is 9.03. The maximum absolute atomic E-state index is 14.1. The Labute approximate surface area is 239 Å². The number of nitrogens with zero attached hydrogens (tertiary/aromatic N) is 1. The first-order chi connectivity index (χ1) is 19.3. The van der Waals surface area contributed by atoms with Crippen LogP contribution in [-0.2, 0) is 30.4 Å². The van der Waals surface area contributed by atoms with E-state index in [9.17, 15) is 14.4 Å². The molecule has 0 fully saturated rings. The second-order valence-electron chi connectivity index (χ2n) is 10.4. The topological polar surface area (TPSA) is 86.6 Å². The second-order valence-corrected chi connectivity index (χ2v) is 11.8. The first kappa shape index (κ1) is 28.0. The van der Waals surface area contributed by atoms with Gasteiger partial charge in [0, 0.05) is 57.0 Å². The number of hydrogen-bond donors (Lipinski definition) is 1. The van der Waals surface area contributed by atoms with Gasteiger partial charge in [-0.3, -0.25) is 9.59 Å². The van der Waals surface area contributed by atoms with Gasteiger partial charge in [0.25, 0.3) is 0 Å². The third-order valence-corrected chi connectivity index (χ3v) is 8.94. The van der Waals surface area contributed by atoms with Crippen LogP contribution >= 0.6 is 11.8 Å². The number of aromatic nitrogens is 1. The summed E-state index contributed by atoms with van der Waals surface area (Å²) in [7, 11) is 1.31. The molecule has 1 N–H and O–H groups in total. The van der Waals surface area contributed by atoms with Gasteiger partial charge in [-0.15, -0.1) is 0 Å². The molecule has 3 aromatic rings. The zero-order valence-corrected chi connectivity index (χ0v) is 24.5. The molecule has 0 saturated heterocycles. The first-order valence-corrected chi connectivity index (χ1v) is 15.1. The van der Waals surface area contributed by atoms with Crippen LogP contribution < -0.4 is 5.32 Å². The van der Waals surface area contributed by atoms with Crippen LogP contribution in [-0.4, -0.2) is 47.5 Å². The van der Waals surface area contributed by atoms with Crippen LogP contribution in [0.4, 0.5) is 0 Å². The lowest BCUT2D eigenvalue weighted by atomic mass is 9.69. The average molecular weight is 561 g/mol. The van der Waals surface area contributed by atoms with E-state index < -0.39 is 23.8 Å². The van der Waals surface area contributed by atoms with Crippen LogP contribution in [0.3, 0.4) is 0 Å². The standard InChI is InChI=1S/C32H36N2O5S/c1-6-34-24-11-9-8-10-21(24)22-17-20(12-13-25(22)34)28-27(32(37)39-14-15-40-7-2)19(4)33-23-16-18(3)26(31(36)38-5)30(35)29(23)28/h8-13,17-18,26,28,33H,6-7,14-16H2,1-5H3. The lowest BCUT2D eigenvalue weighted by molar-refractivity contribution is -0.151. The number of Topliss-reactive ketones (excluding diaryl/α,β-unsaturated/α-hetero) is 1. The number of ether oxygens (including phenoxy) is 2. The van der Waals surface area contributed by atoms with Crippen molar-refractivity contribution in [3.8, 4) is 0 Å². The van der Waals surface area contributed by atoms with Crippen molar-refractivity contribution >= 4 is 51.3 Å². The number of allylic oxidation sites excluding steroid dienone is 3. The van der Waals surface area contributed by atoms with Crippen LogP contribution in [0.2, 0.25) is 0 Å². The molecule has 210 valence electrons. The van der Waals surface area contributed by atoms with Gasteiger partial charge in [-0.05, 0) is 55.7 Å². The summed E-state index contributed by atoms with van der Waals surface area (Å²) in [4.78, 5) is 40.5. The van der Waals surface area contributed by atoms with E-state index in [0.29, 0.717) is 29.0 Å². The van der Waals surface area contributed by atoms with Crippen molar-refractivity contribution in [1.29, 1.82) is 0 Å². The fourth-order valence-electron chi connectivity index (χ4n) is 6.29. The van der Waals surface area contributed by atoms with Crippen molar-refractivity contribution in [2.75, 3.05) is 25.2 Å². The molecule has 0 radical (unpaired) electrons. The number of dihydropyridines is 1. The van der Waals surface area contributed by atoms with E-state index >= 15 is 0 Å². The number of hydrogen-bond acceptors (Lipinski definition) is 7. The molecule has 3 unspecified atom stereocenters. The minimum absolute atomic E-state index is 0.232. The van der Waals surface area contributed by atoms with Gasteiger partial charge in [0.15, 0.2) is 5.78 Å². The van der Waals surface area contributed by atoms with E-state index in [1.165, 1.54) is 7.11 Å². The van der Waals surface area contributed by atoms with Gasteiger partial charge in [0.05, 0.1) is 12.7 Å². The number of carbonyl (C=O) groups excluding carboxylic acids is 3. The number of aryl methyl sites for hydroxylation is 1. The van der Waals surface area contributed by atoms with Crippen molar-refractivity contribution in [3.05, 3.63) is 70.6 Å². The Hall–Kier alpha value is -3.52. The average Bonchev–Trinajstić information content (AvgIpc) is 3.27. The zero-order chi connectivity index (χ0) is 28.6. The monoisotopic (exact) mass is 560 g/mol. The molecule has 3 atom stereocenters. The highest BCUT2D eigenvalue weighted by Gasteiger charge is 2.47. The molecule has 40 heavy (non-hydrogen) atoms. The molecule has 1 aliphatic heterocycles. The molecule has 2 aliphatic rings. The van der Waals surface area contributed by atoms with Crippen molar-refractivity contribution < 1.29 is 23.9 Å². The zero-order valence-electron chi connectivity index (χ0n) is 23.7. The summed E-state index contributed by atoms with van der Waals surface area (Å²) in [5.74, 6) is -1.47. The first-order valence-electron chi connectivity index (χ1n) is 13.9. The molecule has 0 bridgehead atoms. The number of methoxy groups -OCH3 is 1. The highest BCUT2D eigenvalue weighted by molar-refractivity contribution is 7.99. The molecule has 0 saturated carbocycles. The largest absolute Gasteiger partial charge is 0.468 e.